The van der Waals surface area contributed by atoms with Gasteiger partial charge in [-0.05, 0) is 38.1 Å². The summed E-state index contributed by atoms with van der Waals surface area (Å²) < 4.78 is 5.36. The molecule has 6 nitrogen and oxygen atoms in total. The Balaban J connectivity index is 1.47. The molecule has 0 aromatic heterocycles. The van der Waals surface area contributed by atoms with E-state index in [1.165, 1.54) is 0 Å². The Hall–Kier alpha value is -0.790. The van der Waals surface area contributed by atoms with Gasteiger partial charge in [0.1, 0.15) is 6.04 Å². The van der Waals surface area contributed by atoms with Crippen LogP contribution in [0.3, 0.4) is 0 Å². The molecule has 2 atom stereocenters. The van der Waals surface area contributed by atoms with Crippen molar-refractivity contribution < 1.29 is 14.3 Å². The smallest absolute Gasteiger partial charge is 0.243 e. The molecule has 148 valence electrons. The van der Waals surface area contributed by atoms with Crippen LogP contribution in [-0.2, 0) is 14.3 Å². The van der Waals surface area contributed by atoms with Crippen LogP contribution < -0.4 is 5.32 Å². The predicted molar refractivity (Wildman–Crippen MR) is 104 cm³/mol. The summed E-state index contributed by atoms with van der Waals surface area (Å²) in [4.78, 5) is 29.8. The minimum absolute atomic E-state index is 0.0275. The van der Waals surface area contributed by atoms with Gasteiger partial charge < -0.3 is 15.0 Å². The second kappa shape index (κ2) is 9.42. The average Bonchev–Trinajstić information content (AvgIpc) is 3.39. The standard InChI is InChI=1S/C19H33N3O3S/c1-14(2)12-17-22(19(24)15-4-5-15)16(13-26-17)18(23)20-6-3-7-21-8-10-25-11-9-21/h14-17H,3-13H2,1-2H3,(H,20,23). The van der Waals surface area contributed by atoms with Gasteiger partial charge in [0, 0.05) is 31.3 Å². The van der Waals surface area contributed by atoms with Crippen molar-refractivity contribution in [2.45, 2.75) is 50.9 Å². The molecule has 2 heterocycles. The Kier molecular flexibility index (Phi) is 7.23. The molecule has 3 fully saturated rings. The molecule has 0 bridgehead atoms. The van der Waals surface area contributed by atoms with E-state index in [-0.39, 0.29) is 29.1 Å². The Morgan fingerprint density at radius 1 is 1.23 bits per heavy atom. The lowest BCUT2D eigenvalue weighted by Gasteiger charge is -2.30. The number of thioether (sulfide) groups is 1. The highest BCUT2D eigenvalue weighted by Crippen LogP contribution is 2.39. The lowest BCUT2D eigenvalue weighted by atomic mass is 10.1. The number of hydrogen-bond acceptors (Lipinski definition) is 5. The maximum absolute atomic E-state index is 12.8. The van der Waals surface area contributed by atoms with Gasteiger partial charge in [-0.15, -0.1) is 11.8 Å². The molecule has 0 radical (unpaired) electrons. The molecule has 0 aromatic rings. The highest BCUT2D eigenvalue weighted by Gasteiger charge is 2.45. The van der Waals surface area contributed by atoms with Crippen molar-refractivity contribution in [3.05, 3.63) is 0 Å². The number of ether oxygens (including phenoxy) is 1. The summed E-state index contributed by atoms with van der Waals surface area (Å²) >= 11 is 1.77. The molecular weight excluding hydrogens is 350 g/mol. The first-order chi connectivity index (χ1) is 12.6. The zero-order valence-electron chi connectivity index (χ0n) is 16.1. The normalized spacial score (nSPS) is 27.1. The first-order valence-corrected chi connectivity index (χ1v) is 11.1. The number of nitrogens with zero attached hydrogens (tertiary/aromatic N) is 2. The number of carbonyl (C=O) groups excluding carboxylic acids is 2. The first-order valence-electron chi connectivity index (χ1n) is 10.1. The topological polar surface area (TPSA) is 61.9 Å². The van der Waals surface area contributed by atoms with E-state index in [4.69, 9.17) is 4.74 Å². The van der Waals surface area contributed by atoms with Crippen molar-refractivity contribution in [3.8, 4) is 0 Å². The fourth-order valence-corrected chi connectivity index (χ4v) is 5.29. The van der Waals surface area contributed by atoms with E-state index in [1.807, 2.05) is 4.90 Å². The summed E-state index contributed by atoms with van der Waals surface area (Å²) in [6, 6.07) is -0.291. The molecular formula is C19H33N3O3S. The Morgan fingerprint density at radius 2 is 1.96 bits per heavy atom. The Bertz CT molecular complexity index is 492. The quantitative estimate of drug-likeness (QED) is 0.645. The van der Waals surface area contributed by atoms with Crippen molar-refractivity contribution in [3.63, 3.8) is 0 Å². The van der Waals surface area contributed by atoms with E-state index < -0.39 is 0 Å². The van der Waals surface area contributed by atoms with Crippen LogP contribution in [-0.4, -0.2) is 78.2 Å². The van der Waals surface area contributed by atoms with E-state index >= 15 is 0 Å². The number of amides is 2. The summed E-state index contributed by atoms with van der Waals surface area (Å²) in [6.07, 6.45) is 3.88. The highest BCUT2D eigenvalue weighted by atomic mass is 32.2. The van der Waals surface area contributed by atoms with Gasteiger partial charge in [-0.3, -0.25) is 14.5 Å². The second-order valence-electron chi connectivity index (χ2n) is 8.05. The molecule has 3 rings (SSSR count). The van der Waals surface area contributed by atoms with E-state index in [9.17, 15) is 9.59 Å². The van der Waals surface area contributed by atoms with Crippen LogP contribution in [0.1, 0.15) is 39.5 Å². The van der Waals surface area contributed by atoms with E-state index in [0.29, 0.717) is 12.5 Å². The molecule has 7 heteroatoms. The monoisotopic (exact) mass is 383 g/mol. The van der Waals surface area contributed by atoms with Crippen LogP contribution in [0.5, 0.6) is 0 Å². The van der Waals surface area contributed by atoms with Crippen LogP contribution in [0, 0.1) is 11.8 Å². The largest absolute Gasteiger partial charge is 0.379 e. The molecule has 3 aliphatic rings. The summed E-state index contributed by atoms with van der Waals surface area (Å²) in [6.45, 7) is 9.60. The average molecular weight is 384 g/mol. The van der Waals surface area contributed by atoms with Crippen LogP contribution in [0.15, 0.2) is 0 Å². The fourth-order valence-electron chi connectivity index (χ4n) is 3.64. The highest BCUT2D eigenvalue weighted by molar-refractivity contribution is 8.00. The van der Waals surface area contributed by atoms with Crippen LogP contribution in [0.2, 0.25) is 0 Å². The second-order valence-corrected chi connectivity index (χ2v) is 9.26. The summed E-state index contributed by atoms with van der Waals surface area (Å²) in [7, 11) is 0. The fraction of sp³-hybridized carbons (Fsp3) is 0.895. The van der Waals surface area contributed by atoms with Crippen LogP contribution >= 0.6 is 11.8 Å². The number of hydrogen-bond donors (Lipinski definition) is 1. The number of nitrogens with one attached hydrogen (secondary N) is 1. The first kappa shape index (κ1) is 20.0. The maximum Gasteiger partial charge on any atom is 0.243 e. The van der Waals surface area contributed by atoms with Gasteiger partial charge in [0.05, 0.1) is 18.6 Å². The third-order valence-electron chi connectivity index (χ3n) is 5.30. The van der Waals surface area contributed by atoms with Gasteiger partial charge >= 0.3 is 0 Å². The minimum Gasteiger partial charge on any atom is -0.379 e. The SMILES string of the molecule is CC(C)CC1SCC(C(=O)NCCCN2CCOCC2)N1C(=O)C1CC1. The molecule has 1 saturated carbocycles. The molecule has 26 heavy (non-hydrogen) atoms. The van der Waals surface area contributed by atoms with Crippen molar-refractivity contribution in [1.82, 2.24) is 15.1 Å². The van der Waals surface area contributed by atoms with Gasteiger partial charge in [0.25, 0.3) is 0 Å². The van der Waals surface area contributed by atoms with Crippen LogP contribution in [0.4, 0.5) is 0 Å². The number of morpholine rings is 1. The van der Waals surface area contributed by atoms with Gasteiger partial charge in [-0.2, -0.15) is 0 Å². The van der Waals surface area contributed by atoms with Gasteiger partial charge in [-0.1, -0.05) is 13.8 Å². The van der Waals surface area contributed by atoms with Crippen molar-refractivity contribution in [2.24, 2.45) is 11.8 Å². The molecule has 1 aliphatic carbocycles. The predicted octanol–water partition coefficient (Wildman–Crippen LogP) is 1.55. The summed E-state index contributed by atoms with van der Waals surface area (Å²) in [5.74, 6) is 1.65. The Morgan fingerprint density at radius 3 is 2.62 bits per heavy atom. The zero-order valence-corrected chi connectivity index (χ0v) is 16.9. The summed E-state index contributed by atoms with van der Waals surface area (Å²) in [5, 5.41) is 3.24. The third-order valence-corrected chi connectivity index (χ3v) is 6.62. The summed E-state index contributed by atoms with van der Waals surface area (Å²) in [5.41, 5.74) is 0. The number of carbonyl (C=O) groups is 2. The molecule has 0 spiro atoms. The van der Waals surface area contributed by atoms with Gasteiger partial charge in [-0.25, -0.2) is 0 Å². The van der Waals surface area contributed by atoms with Crippen molar-refractivity contribution in [2.75, 3.05) is 45.1 Å². The van der Waals surface area contributed by atoms with E-state index in [2.05, 4.69) is 24.1 Å². The van der Waals surface area contributed by atoms with Crippen LogP contribution in [0.25, 0.3) is 0 Å². The number of rotatable bonds is 8. The molecule has 2 saturated heterocycles. The maximum atomic E-state index is 12.8. The lowest BCUT2D eigenvalue weighted by molar-refractivity contribution is -0.141. The molecule has 2 unspecified atom stereocenters. The molecule has 2 amide bonds. The molecule has 0 aromatic carbocycles. The molecule has 1 N–H and O–H groups in total. The minimum atomic E-state index is -0.291. The van der Waals surface area contributed by atoms with Gasteiger partial charge in [0.15, 0.2) is 0 Å². The van der Waals surface area contributed by atoms with Crippen molar-refractivity contribution in [1.29, 1.82) is 0 Å². The van der Waals surface area contributed by atoms with Crippen molar-refractivity contribution >= 4 is 23.6 Å². The van der Waals surface area contributed by atoms with Gasteiger partial charge in [0.2, 0.25) is 11.8 Å². The lowest BCUT2D eigenvalue weighted by Crippen LogP contribution is -2.51. The zero-order chi connectivity index (χ0) is 18.5. The Labute approximate surface area is 161 Å². The molecule has 2 aliphatic heterocycles. The third kappa shape index (κ3) is 5.36. The van der Waals surface area contributed by atoms with E-state index in [0.717, 1.165) is 64.3 Å². The van der Waals surface area contributed by atoms with E-state index in [1.54, 1.807) is 11.8 Å².